The van der Waals surface area contributed by atoms with E-state index in [1.165, 1.54) is 102 Å². The van der Waals surface area contributed by atoms with E-state index in [2.05, 4.69) is 24.6 Å². The maximum atomic E-state index is 9.45. The van der Waals surface area contributed by atoms with E-state index < -0.39 is 12.1 Å². The Balaban J connectivity index is 0. The van der Waals surface area contributed by atoms with Crippen molar-refractivity contribution >= 4 is 23.7 Å². The van der Waals surface area contributed by atoms with Crippen LogP contribution in [0.25, 0.3) is 0 Å². The Kier molecular flexibility index (Phi) is 24.2. The van der Waals surface area contributed by atoms with Crippen molar-refractivity contribution in [3.63, 3.8) is 0 Å². The Morgan fingerprint density at radius 1 is 0.783 bits per heavy atom. The van der Waals surface area contributed by atoms with Gasteiger partial charge in [0.25, 0.3) is 0 Å². The standard InChI is InChI=1S/C16H33.C3H6O3.Li/c1-3-5-7-9-11-13-15-16-14-12-10-8-6-4-2;1-2(4)3(5)6;/h1,3-16H2,2H3;2,4H,1H3,(H,5,6);. The smallest absolute Gasteiger partial charge is 0.0654 e. The number of rotatable bonds is 15. The van der Waals surface area contributed by atoms with Crippen LogP contribution >= 0.6 is 0 Å². The minimum atomic E-state index is -1.23. The normalized spacial score (nSPS) is 11.7. The van der Waals surface area contributed by atoms with Gasteiger partial charge in [-0.1, -0.05) is 26.2 Å². The summed E-state index contributed by atoms with van der Waals surface area (Å²) < 4.78 is 0. The van der Waals surface area contributed by atoms with Crippen molar-refractivity contribution in [1.82, 2.24) is 0 Å². The zero-order valence-electron chi connectivity index (χ0n) is 16.0. The van der Waals surface area contributed by atoms with Gasteiger partial charge in [0, 0.05) is 0 Å². The molecule has 4 heteroatoms. The number of hydrogen-bond donors (Lipinski definition) is 2. The van der Waals surface area contributed by atoms with Gasteiger partial charge in [-0.3, -0.25) is 0 Å². The molecular weight excluding hydrogens is 283 g/mol. The van der Waals surface area contributed by atoms with Gasteiger partial charge in [0.05, 0.1) is 0 Å². The van der Waals surface area contributed by atoms with Crippen molar-refractivity contribution in [2.75, 3.05) is 0 Å². The minimum Gasteiger partial charge on any atom is -0.0654 e. The van der Waals surface area contributed by atoms with Crippen LogP contribution in [-0.4, -0.2) is 40.0 Å². The summed E-state index contributed by atoms with van der Waals surface area (Å²) in [4.78, 5) is 9.45. The van der Waals surface area contributed by atoms with Crippen molar-refractivity contribution < 1.29 is 15.0 Å². The monoisotopic (exact) mass is 322 g/mol. The molecule has 0 spiro atoms. The Bertz CT molecular complexity index is 219. The van der Waals surface area contributed by atoms with Crippen LogP contribution in [0.2, 0.25) is 5.09 Å². The van der Waals surface area contributed by atoms with E-state index in [1.807, 2.05) is 0 Å². The SMILES string of the molecule is CC(O)C(=O)O.[Li][CH2]CCCCCCCCCCCCCCC. The predicted octanol–water partition coefficient (Wildman–Crippen LogP) is 5.51. The topological polar surface area (TPSA) is 57.5 Å². The summed E-state index contributed by atoms with van der Waals surface area (Å²) in [5, 5.41) is 17.1. The molecule has 0 bridgehead atoms. The summed E-state index contributed by atoms with van der Waals surface area (Å²) >= 11 is 2.29. The molecular formula is C19H39LiO3. The second kappa shape index (κ2) is 22.0. The molecule has 0 amide bonds. The number of carboxylic acid groups (broad SMARTS) is 1. The van der Waals surface area contributed by atoms with Crippen LogP contribution in [0, 0.1) is 0 Å². The first-order valence-corrected chi connectivity index (χ1v) is 9.97. The third-order valence-electron chi connectivity index (χ3n) is 4.06. The Morgan fingerprint density at radius 3 is 1.26 bits per heavy atom. The summed E-state index contributed by atoms with van der Waals surface area (Å²) in [6, 6.07) is 0. The quantitative estimate of drug-likeness (QED) is 0.309. The van der Waals surface area contributed by atoms with E-state index in [-0.39, 0.29) is 0 Å². The molecule has 134 valence electrons. The molecule has 0 aromatic heterocycles. The molecule has 0 heterocycles. The molecule has 2 N–H and O–H groups in total. The van der Waals surface area contributed by atoms with Gasteiger partial charge in [0.15, 0.2) is 0 Å². The molecule has 1 unspecified atom stereocenters. The number of aliphatic carboxylic acids is 1. The zero-order valence-corrected chi connectivity index (χ0v) is 16.0. The van der Waals surface area contributed by atoms with Gasteiger partial charge in [-0.25, -0.2) is 4.79 Å². The molecule has 0 aromatic carbocycles. The van der Waals surface area contributed by atoms with Crippen LogP contribution in [0.1, 0.15) is 104 Å². The van der Waals surface area contributed by atoms with E-state index in [0.29, 0.717) is 0 Å². The van der Waals surface area contributed by atoms with Crippen LogP contribution in [-0.2, 0) is 4.79 Å². The Hall–Kier alpha value is 0.0274. The average Bonchev–Trinajstić information content (AvgIpc) is 2.52. The summed E-state index contributed by atoms with van der Waals surface area (Å²) in [6.45, 7) is 3.49. The molecule has 0 saturated heterocycles. The van der Waals surface area contributed by atoms with Crippen molar-refractivity contribution in [3.05, 3.63) is 0 Å². The van der Waals surface area contributed by atoms with E-state index in [4.69, 9.17) is 10.2 Å². The van der Waals surface area contributed by atoms with E-state index >= 15 is 0 Å². The number of carboxylic acids is 1. The number of carbonyl (C=O) groups is 1. The molecule has 0 aliphatic heterocycles. The summed E-state index contributed by atoms with van der Waals surface area (Å²) in [5.74, 6) is -1.19. The van der Waals surface area contributed by atoms with Crippen LogP contribution < -0.4 is 0 Å². The number of unbranched alkanes of at least 4 members (excludes halogenated alkanes) is 13. The number of aliphatic hydroxyl groups excluding tert-OH is 1. The Morgan fingerprint density at radius 2 is 1.04 bits per heavy atom. The van der Waals surface area contributed by atoms with Gasteiger partial charge in [-0.05, 0) is 6.92 Å². The third kappa shape index (κ3) is 27.2. The van der Waals surface area contributed by atoms with Crippen LogP contribution in [0.4, 0.5) is 0 Å². The maximum absolute atomic E-state index is 9.45. The average molecular weight is 322 g/mol. The molecule has 0 aliphatic rings. The van der Waals surface area contributed by atoms with Crippen LogP contribution in [0.5, 0.6) is 0 Å². The molecule has 0 saturated carbocycles. The van der Waals surface area contributed by atoms with Crippen molar-refractivity contribution in [1.29, 1.82) is 0 Å². The van der Waals surface area contributed by atoms with Gasteiger partial charge in [-0.15, -0.1) is 0 Å². The van der Waals surface area contributed by atoms with E-state index in [0.717, 1.165) is 0 Å². The van der Waals surface area contributed by atoms with Gasteiger partial charge in [0.2, 0.25) is 0 Å². The zero-order chi connectivity index (χ0) is 17.8. The fourth-order valence-corrected chi connectivity index (χ4v) is 2.44. The second-order valence-electron chi connectivity index (χ2n) is 6.61. The van der Waals surface area contributed by atoms with Gasteiger partial charge < -0.3 is 10.2 Å². The first-order chi connectivity index (χ1) is 11.1. The predicted molar refractivity (Wildman–Crippen MR) is 100 cm³/mol. The van der Waals surface area contributed by atoms with Gasteiger partial charge >= 0.3 is 99.4 Å². The molecule has 0 radical (unpaired) electrons. The fraction of sp³-hybridized carbons (Fsp3) is 0.947. The number of hydrogen-bond acceptors (Lipinski definition) is 2. The molecule has 1 atom stereocenters. The van der Waals surface area contributed by atoms with Crippen LogP contribution in [0.3, 0.4) is 0 Å². The first-order valence-electron chi connectivity index (χ1n) is 9.97. The van der Waals surface area contributed by atoms with Crippen LogP contribution in [0.15, 0.2) is 0 Å². The summed E-state index contributed by atoms with van der Waals surface area (Å²) in [7, 11) is 0. The third-order valence-corrected chi connectivity index (χ3v) is 4.06. The summed E-state index contributed by atoms with van der Waals surface area (Å²) in [5.41, 5.74) is 0. The van der Waals surface area contributed by atoms with Crippen molar-refractivity contribution in [2.45, 2.75) is 115 Å². The molecule has 0 fully saturated rings. The minimum absolute atomic E-state index is 1.19. The molecule has 0 rings (SSSR count). The van der Waals surface area contributed by atoms with Gasteiger partial charge in [-0.2, -0.15) is 0 Å². The van der Waals surface area contributed by atoms with Crippen molar-refractivity contribution in [3.8, 4) is 0 Å². The first kappa shape index (κ1) is 25.3. The Labute approximate surface area is 153 Å². The summed E-state index contributed by atoms with van der Waals surface area (Å²) in [6.07, 6.45) is 19.3. The van der Waals surface area contributed by atoms with E-state index in [1.54, 1.807) is 0 Å². The molecule has 23 heavy (non-hydrogen) atoms. The fourth-order valence-electron chi connectivity index (χ4n) is 2.44. The van der Waals surface area contributed by atoms with E-state index in [9.17, 15) is 4.79 Å². The van der Waals surface area contributed by atoms with Gasteiger partial charge in [0.1, 0.15) is 6.10 Å². The number of aliphatic hydroxyl groups is 1. The molecule has 3 nitrogen and oxygen atoms in total. The second-order valence-corrected chi connectivity index (χ2v) is 6.61. The molecule has 0 aromatic rings. The van der Waals surface area contributed by atoms with Crippen molar-refractivity contribution in [2.24, 2.45) is 0 Å². The molecule has 0 aliphatic carbocycles.